The summed E-state index contributed by atoms with van der Waals surface area (Å²) in [6.07, 6.45) is 0.00238. The van der Waals surface area contributed by atoms with E-state index in [2.05, 4.69) is 17.1 Å². The van der Waals surface area contributed by atoms with Gasteiger partial charge in [-0.05, 0) is 5.56 Å². The van der Waals surface area contributed by atoms with E-state index < -0.39 is 5.97 Å². The predicted molar refractivity (Wildman–Crippen MR) is 69.5 cm³/mol. The van der Waals surface area contributed by atoms with Crippen LogP contribution in [-0.4, -0.2) is 16.1 Å². The van der Waals surface area contributed by atoms with E-state index in [-0.39, 0.29) is 6.42 Å². The van der Waals surface area contributed by atoms with Crippen LogP contribution >= 0.6 is 23.1 Å². The van der Waals surface area contributed by atoms with Crippen molar-refractivity contribution in [3.8, 4) is 0 Å². The predicted octanol–water partition coefficient (Wildman–Crippen LogP) is 3.06. The van der Waals surface area contributed by atoms with Gasteiger partial charge in [-0.2, -0.15) is 0 Å². The van der Waals surface area contributed by atoms with Gasteiger partial charge in [0, 0.05) is 11.1 Å². The van der Waals surface area contributed by atoms with Gasteiger partial charge in [0.25, 0.3) is 0 Å². The molecule has 0 unspecified atom stereocenters. The summed E-state index contributed by atoms with van der Waals surface area (Å²) in [5, 5.41) is 10.4. The van der Waals surface area contributed by atoms with Crippen LogP contribution in [0.3, 0.4) is 0 Å². The lowest BCUT2D eigenvalue weighted by Crippen LogP contribution is -1.99. The van der Waals surface area contributed by atoms with Gasteiger partial charge in [0.1, 0.15) is 4.34 Å². The van der Waals surface area contributed by atoms with Crippen LogP contribution in [0.4, 0.5) is 0 Å². The van der Waals surface area contributed by atoms with Gasteiger partial charge in [-0.25, -0.2) is 4.98 Å². The molecule has 0 aliphatic carbocycles. The van der Waals surface area contributed by atoms with Crippen LogP contribution in [0.1, 0.15) is 11.3 Å². The highest BCUT2D eigenvalue weighted by Gasteiger charge is 2.06. The molecular formula is C12H11NO2S2. The molecule has 1 heterocycles. The fourth-order valence-electron chi connectivity index (χ4n) is 1.31. The Hall–Kier alpha value is -1.33. The third-order valence-electron chi connectivity index (χ3n) is 2.07. The minimum Gasteiger partial charge on any atom is -0.481 e. The molecule has 2 aromatic rings. The lowest BCUT2D eigenvalue weighted by molar-refractivity contribution is -0.136. The second-order valence-electron chi connectivity index (χ2n) is 3.45. The molecule has 0 atom stereocenters. The summed E-state index contributed by atoms with van der Waals surface area (Å²) in [5.74, 6) is 0.0239. The third kappa shape index (κ3) is 3.87. The fraction of sp³-hybridized carbons (Fsp3) is 0.167. The van der Waals surface area contributed by atoms with Crippen molar-refractivity contribution in [2.24, 2.45) is 0 Å². The minimum atomic E-state index is -0.838. The Morgan fingerprint density at radius 3 is 2.82 bits per heavy atom. The Kier molecular flexibility index (Phi) is 4.17. The first-order valence-electron chi connectivity index (χ1n) is 5.07. The highest BCUT2D eigenvalue weighted by Crippen LogP contribution is 2.26. The van der Waals surface area contributed by atoms with E-state index in [1.807, 2.05) is 18.2 Å². The Morgan fingerprint density at radius 2 is 2.12 bits per heavy atom. The van der Waals surface area contributed by atoms with Gasteiger partial charge in [-0.3, -0.25) is 4.79 Å². The number of carboxylic acid groups (broad SMARTS) is 1. The Balaban J connectivity index is 1.91. The van der Waals surface area contributed by atoms with E-state index in [1.165, 1.54) is 16.9 Å². The minimum absolute atomic E-state index is 0.00238. The van der Waals surface area contributed by atoms with E-state index >= 15 is 0 Å². The molecule has 0 aliphatic heterocycles. The van der Waals surface area contributed by atoms with E-state index in [1.54, 1.807) is 17.1 Å². The van der Waals surface area contributed by atoms with Crippen molar-refractivity contribution in [2.45, 2.75) is 16.5 Å². The molecule has 1 aromatic carbocycles. The number of thioether (sulfide) groups is 1. The molecule has 0 bridgehead atoms. The largest absolute Gasteiger partial charge is 0.481 e. The van der Waals surface area contributed by atoms with Crippen molar-refractivity contribution in [1.82, 2.24) is 4.98 Å². The van der Waals surface area contributed by atoms with Crippen molar-refractivity contribution >= 4 is 29.1 Å². The first kappa shape index (κ1) is 12.1. The molecule has 1 N–H and O–H groups in total. The quantitative estimate of drug-likeness (QED) is 0.844. The number of carbonyl (C=O) groups is 1. The number of aliphatic carboxylic acids is 1. The zero-order chi connectivity index (χ0) is 12.1. The molecule has 5 heteroatoms. The average molecular weight is 265 g/mol. The maximum atomic E-state index is 10.5. The normalized spacial score (nSPS) is 10.4. The van der Waals surface area contributed by atoms with Gasteiger partial charge < -0.3 is 5.11 Å². The van der Waals surface area contributed by atoms with Crippen LogP contribution in [0.25, 0.3) is 0 Å². The molecule has 0 saturated carbocycles. The summed E-state index contributed by atoms with van der Waals surface area (Å²) in [5.41, 5.74) is 1.88. The zero-order valence-electron chi connectivity index (χ0n) is 9.00. The van der Waals surface area contributed by atoms with Crippen molar-refractivity contribution in [2.75, 3.05) is 0 Å². The number of hydrogen-bond acceptors (Lipinski definition) is 4. The molecule has 0 fully saturated rings. The molecule has 2 rings (SSSR count). The number of rotatable bonds is 5. The van der Waals surface area contributed by atoms with Gasteiger partial charge in [-0.15, -0.1) is 11.3 Å². The second-order valence-corrected chi connectivity index (χ2v) is 5.53. The average Bonchev–Trinajstić information content (AvgIpc) is 2.75. The Bertz CT molecular complexity index is 496. The molecule has 0 spiro atoms. The molecular weight excluding hydrogens is 254 g/mol. The van der Waals surface area contributed by atoms with Gasteiger partial charge in [0.05, 0.1) is 12.1 Å². The van der Waals surface area contributed by atoms with Gasteiger partial charge in [0.2, 0.25) is 0 Å². The molecule has 88 valence electrons. The summed E-state index contributed by atoms with van der Waals surface area (Å²) in [6, 6.07) is 10.1. The molecule has 0 radical (unpaired) electrons. The van der Waals surface area contributed by atoms with Crippen molar-refractivity contribution in [3.63, 3.8) is 0 Å². The van der Waals surface area contributed by atoms with E-state index in [0.717, 1.165) is 10.1 Å². The maximum Gasteiger partial charge on any atom is 0.309 e. The lowest BCUT2D eigenvalue weighted by atomic mass is 10.2. The maximum absolute atomic E-state index is 10.5. The topological polar surface area (TPSA) is 50.2 Å². The summed E-state index contributed by atoms with van der Waals surface area (Å²) in [7, 11) is 0. The van der Waals surface area contributed by atoms with E-state index in [0.29, 0.717) is 5.69 Å². The highest BCUT2D eigenvalue weighted by molar-refractivity contribution is 8.00. The monoisotopic (exact) mass is 265 g/mol. The number of hydrogen-bond donors (Lipinski definition) is 1. The van der Waals surface area contributed by atoms with Crippen LogP contribution < -0.4 is 0 Å². The van der Waals surface area contributed by atoms with Crippen LogP contribution in [0.15, 0.2) is 40.1 Å². The Morgan fingerprint density at radius 1 is 1.35 bits per heavy atom. The standard InChI is InChI=1S/C12H11NO2S2/c14-11(15)6-10-8-17-12(13-10)16-7-9-4-2-1-3-5-9/h1-5,8H,6-7H2,(H,14,15). The van der Waals surface area contributed by atoms with E-state index in [4.69, 9.17) is 5.11 Å². The number of benzene rings is 1. The smallest absolute Gasteiger partial charge is 0.309 e. The van der Waals surface area contributed by atoms with Gasteiger partial charge >= 0.3 is 5.97 Å². The molecule has 17 heavy (non-hydrogen) atoms. The van der Waals surface area contributed by atoms with Gasteiger partial charge in [-0.1, -0.05) is 42.1 Å². The SMILES string of the molecule is O=C(O)Cc1csc(SCc2ccccc2)n1. The number of aromatic nitrogens is 1. The van der Waals surface area contributed by atoms with Crippen molar-refractivity contribution in [1.29, 1.82) is 0 Å². The number of thiazole rings is 1. The Labute approximate surface area is 108 Å². The van der Waals surface area contributed by atoms with Crippen LogP contribution in [0.2, 0.25) is 0 Å². The van der Waals surface area contributed by atoms with Crippen LogP contribution in [0, 0.1) is 0 Å². The molecule has 0 amide bonds. The number of carboxylic acids is 1. The van der Waals surface area contributed by atoms with Crippen LogP contribution in [0.5, 0.6) is 0 Å². The fourth-order valence-corrected chi connectivity index (χ4v) is 3.11. The zero-order valence-corrected chi connectivity index (χ0v) is 10.6. The second kappa shape index (κ2) is 5.84. The first-order chi connectivity index (χ1) is 8.24. The molecule has 0 saturated heterocycles. The van der Waals surface area contributed by atoms with Crippen LogP contribution in [-0.2, 0) is 17.0 Å². The first-order valence-corrected chi connectivity index (χ1v) is 6.93. The summed E-state index contributed by atoms with van der Waals surface area (Å²) >= 11 is 3.14. The van der Waals surface area contributed by atoms with E-state index in [9.17, 15) is 4.79 Å². The van der Waals surface area contributed by atoms with Gasteiger partial charge in [0.15, 0.2) is 0 Å². The summed E-state index contributed by atoms with van der Waals surface area (Å²) < 4.78 is 0.921. The third-order valence-corrected chi connectivity index (χ3v) is 4.21. The highest BCUT2D eigenvalue weighted by atomic mass is 32.2. The summed E-state index contributed by atoms with van der Waals surface area (Å²) in [6.45, 7) is 0. The lowest BCUT2D eigenvalue weighted by Gasteiger charge is -1.97. The molecule has 1 aromatic heterocycles. The molecule has 3 nitrogen and oxygen atoms in total. The number of nitrogens with zero attached hydrogens (tertiary/aromatic N) is 1. The van der Waals surface area contributed by atoms with Crippen molar-refractivity contribution in [3.05, 3.63) is 47.0 Å². The summed E-state index contributed by atoms with van der Waals surface area (Å²) in [4.78, 5) is 14.8. The van der Waals surface area contributed by atoms with Crippen molar-refractivity contribution < 1.29 is 9.90 Å². The molecule has 0 aliphatic rings.